The van der Waals surface area contributed by atoms with E-state index in [2.05, 4.69) is 10.1 Å². The van der Waals surface area contributed by atoms with Crippen molar-refractivity contribution < 1.29 is 36.4 Å². The fourth-order valence-corrected chi connectivity index (χ4v) is 3.58. The van der Waals surface area contributed by atoms with Gasteiger partial charge in [-0.1, -0.05) is 0 Å². The van der Waals surface area contributed by atoms with Crippen molar-refractivity contribution >= 4 is 33.8 Å². The number of hydrogen-bond donors (Lipinski definition) is 1. The molecule has 0 aromatic heterocycles. The first-order valence-electron chi connectivity index (χ1n) is 8.54. The largest absolute Gasteiger partial charge is 0.493 e. The van der Waals surface area contributed by atoms with E-state index in [1.165, 1.54) is 70.7 Å². The number of carbonyl (C=O) groups is 2. The van der Waals surface area contributed by atoms with Gasteiger partial charge in [0.1, 0.15) is 5.75 Å². The van der Waals surface area contributed by atoms with Crippen molar-refractivity contribution in [2.24, 2.45) is 0 Å². The molecular formula is C20H21NO8S. The van der Waals surface area contributed by atoms with Gasteiger partial charge in [-0.15, -0.1) is 0 Å². The van der Waals surface area contributed by atoms with Crippen LogP contribution in [0.25, 0.3) is 6.08 Å². The number of nitrogens with one attached hydrogen (secondary N) is 1. The zero-order valence-corrected chi connectivity index (χ0v) is 17.6. The summed E-state index contributed by atoms with van der Waals surface area (Å²) >= 11 is 0. The highest BCUT2D eigenvalue weighted by molar-refractivity contribution is 7.87. The molecule has 0 fully saturated rings. The zero-order chi connectivity index (χ0) is 22.3. The van der Waals surface area contributed by atoms with Crippen LogP contribution in [-0.4, -0.2) is 41.6 Å². The minimum atomic E-state index is -4.33. The van der Waals surface area contributed by atoms with Crippen LogP contribution in [0.3, 0.4) is 0 Å². The molecule has 0 radical (unpaired) electrons. The van der Waals surface area contributed by atoms with E-state index >= 15 is 0 Å². The second-order valence-electron chi connectivity index (χ2n) is 5.85. The Morgan fingerprint density at radius 2 is 1.67 bits per heavy atom. The molecule has 160 valence electrons. The maximum atomic E-state index is 12.9. The normalized spacial score (nSPS) is 11.1. The predicted molar refractivity (Wildman–Crippen MR) is 109 cm³/mol. The number of benzene rings is 2. The van der Waals surface area contributed by atoms with Crippen molar-refractivity contribution in [3.05, 3.63) is 48.0 Å². The molecule has 9 nitrogen and oxygen atoms in total. The Labute approximate surface area is 174 Å². The molecule has 0 spiro atoms. The molecule has 2 aromatic rings. The van der Waals surface area contributed by atoms with Crippen molar-refractivity contribution in [2.45, 2.75) is 11.8 Å². The maximum Gasteiger partial charge on any atom is 0.343 e. The summed E-state index contributed by atoms with van der Waals surface area (Å²) in [5.74, 6) is -0.759. The molecule has 0 aliphatic heterocycles. The maximum absolute atomic E-state index is 12.9. The predicted octanol–water partition coefficient (Wildman–Crippen LogP) is 2.62. The van der Waals surface area contributed by atoms with Crippen molar-refractivity contribution in [1.29, 1.82) is 0 Å². The number of carbonyl (C=O) groups excluding carboxylic acids is 2. The average Bonchev–Trinajstić information content (AvgIpc) is 2.71. The smallest absolute Gasteiger partial charge is 0.343 e. The van der Waals surface area contributed by atoms with E-state index in [-0.39, 0.29) is 28.1 Å². The van der Waals surface area contributed by atoms with Crippen molar-refractivity contribution in [3.8, 4) is 17.2 Å². The number of esters is 1. The lowest BCUT2D eigenvalue weighted by Gasteiger charge is -2.15. The molecule has 0 bridgehead atoms. The molecule has 1 amide bonds. The molecule has 0 atom stereocenters. The molecular weight excluding hydrogens is 414 g/mol. The molecule has 0 aliphatic carbocycles. The minimum absolute atomic E-state index is 0.0284. The molecule has 2 rings (SSSR count). The number of hydrogen-bond acceptors (Lipinski definition) is 8. The third kappa shape index (κ3) is 5.74. The molecule has 0 aliphatic rings. The number of rotatable bonds is 8. The van der Waals surface area contributed by atoms with Crippen LogP contribution in [0.15, 0.2) is 47.4 Å². The first kappa shape index (κ1) is 22.8. The molecule has 30 heavy (non-hydrogen) atoms. The number of ether oxygens (including phenoxy) is 3. The minimum Gasteiger partial charge on any atom is -0.493 e. The van der Waals surface area contributed by atoms with Gasteiger partial charge in [0.25, 0.3) is 0 Å². The van der Waals surface area contributed by atoms with Gasteiger partial charge < -0.3 is 23.7 Å². The number of amides is 1. The molecule has 1 N–H and O–H groups in total. The Morgan fingerprint density at radius 3 is 2.20 bits per heavy atom. The van der Waals surface area contributed by atoms with Crippen LogP contribution in [-0.2, 0) is 24.4 Å². The standard InChI is InChI=1S/C20H21NO8S/c1-13(22)21-15-6-8-16(9-7-15)29-30(24,25)18-12-14(5-10-19(23)27-3)11-17(26-2)20(18)28-4/h5-12H,1-4H3,(H,21,22)/b10-5+. The van der Waals surface area contributed by atoms with Gasteiger partial charge in [-0.05, 0) is 48.0 Å². The SMILES string of the molecule is COC(=O)/C=C/c1cc(OC)c(OC)c(S(=O)(=O)Oc2ccc(NC(C)=O)cc2)c1. The lowest BCUT2D eigenvalue weighted by Crippen LogP contribution is -2.12. The second-order valence-corrected chi connectivity index (χ2v) is 7.37. The summed E-state index contributed by atoms with van der Waals surface area (Å²) in [6.45, 7) is 1.36. The third-order valence-electron chi connectivity index (χ3n) is 3.73. The van der Waals surface area contributed by atoms with E-state index in [1.54, 1.807) is 0 Å². The Balaban J connectivity index is 2.44. The van der Waals surface area contributed by atoms with Crippen molar-refractivity contribution in [3.63, 3.8) is 0 Å². The van der Waals surface area contributed by atoms with Crippen LogP contribution in [0.2, 0.25) is 0 Å². The first-order chi connectivity index (χ1) is 14.2. The fourth-order valence-electron chi connectivity index (χ4n) is 2.43. The summed E-state index contributed by atoms with van der Waals surface area (Å²) in [6.07, 6.45) is 2.51. The Hall–Kier alpha value is -3.53. The molecule has 0 saturated heterocycles. The van der Waals surface area contributed by atoms with Crippen LogP contribution in [0, 0.1) is 0 Å². The van der Waals surface area contributed by atoms with Crippen molar-refractivity contribution in [1.82, 2.24) is 0 Å². The average molecular weight is 435 g/mol. The number of methoxy groups -OCH3 is 3. The molecule has 10 heteroatoms. The second kappa shape index (κ2) is 9.79. The highest BCUT2D eigenvalue weighted by Gasteiger charge is 2.26. The summed E-state index contributed by atoms with van der Waals surface area (Å²) in [6, 6.07) is 8.57. The van der Waals surface area contributed by atoms with Gasteiger partial charge in [-0.2, -0.15) is 8.42 Å². The van der Waals surface area contributed by atoms with Crippen LogP contribution >= 0.6 is 0 Å². The number of anilines is 1. The van der Waals surface area contributed by atoms with Gasteiger partial charge in [-0.3, -0.25) is 4.79 Å². The fraction of sp³-hybridized carbons (Fsp3) is 0.200. The summed E-state index contributed by atoms with van der Waals surface area (Å²) in [5, 5.41) is 2.57. The van der Waals surface area contributed by atoms with Gasteiger partial charge in [0.15, 0.2) is 16.4 Å². The van der Waals surface area contributed by atoms with Gasteiger partial charge >= 0.3 is 16.1 Å². The molecule has 0 unspecified atom stereocenters. The summed E-state index contributed by atoms with van der Waals surface area (Å²) < 4.78 is 46.0. The van der Waals surface area contributed by atoms with E-state index in [9.17, 15) is 18.0 Å². The van der Waals surface area contributed by atoms with Crippen LogP contribution < -0.4 is 19.0 Å². The van der Waals surface area contributed by atoms with Crippen LogP contribution in [0.5, 0.6) is 17.2 Å². The molecule has 0 saturated carbocycles. The van der Waals surface area contributed by atoms with E-state index in [0.717, 1.165) is 6.08 Å². The van der Waals surface area contributed by atoms with Gasteiger partial charge in [0.05, 0.1) is 21.3 Å². The summed E-state index contributed by atoms with van der Waals surface area (Å²) in [4.78, 5) is 22.1. The van der Waals surface area contributed by atoms with Crippen LogP contribution in [0.1, 0.15) is 12.5 Å². The van der Waals surface area contributed by atoms with E-state index in [1.807, 2.05) is 0 Å². The highest BCUT2D eigenvalue weighted by Crippen LogP contribution is 2.37. The lowest BCUT2D eigenvalue weighted by molar-refractivity contribution is -0.134. The first-order valence-corrected chi connectivity index (χ1v) is 9.95. The summed E-state index contributed by atoms with van der Waals surface area (Å²) in [7, 11) is -0.464. The van der Waals surface area contributed by atoms with E-state index < -0.39 is 16.1 Å². The van der Waals surface area contributed by atoms with Crippen molar-refractivity contribution in [2.75, 3.05) is 26.6 Å². The van der Waals surface area contributed by atoms with E-state index in [0.29, 0.717) is 11.3 Å². The molecule has 0 heterocycles. The monoisotopic (exact) mass is 435 g/mol. The van der Waals surface area contributed by atoms with E-state index in [4.69, 9.17) is 13.7 Å². The van der Waals surface area contributed by atoms with Crippen LogP contribution in [0.4, 0.5) is 5.69 Å². The summed E-state index contributed by atoms with van der Waals surface area (Å²) in [5.41, 5.74) is 0.836. The Kier molecular flexibility index (Phi) is 7.43. The quantitative estimate of drug-likeness (QED) is 0.382. The zero-order valence-electron chi connectivity index (χ0n) is 16.8. The highest BCUT2D eigenvalue weighted by atomic mass is 32.2. The Morgan fingerprint density at radius 1 is 1.00 bits per heavy atom. The van der Waals surface area contributed by atoms with Gasteiger partial charge in [0.2, 0.25) is 5.91 Å². The third-order valence-corrected chi connectivity index (χ3v) is 4.98. The topological polar surface area (TPSA) is 117 Å². The van der Waals surface area contributed by atoms with Gasteiger partial charge in [0, 0.05) is 18.7 Å². The lowest BCUT2D eigenvalue weighted by atomic mass is 10.2. The Bertz CT molecular complexity index is 1060. The molecule has 2 aromatic carbocycles. The van der Waals surface area contributed by atoms with Gasteiger partial charge in [-0.25, -0.2) is 4.79 Å².